The van der Waals surface area contributed by atoms with E-state index in [0.717, 1.165) is 20.9 Å². The second-order valence-corrected chi connectivity index (χ2v) is 19.2. The summed E-state index contributed by atoms with van der Waals surface area (Å²) in [6, 6.07) is 10.0. The lowest BCUT2D eigenvalue weighted by atomic mass is 10.1. The van der Waals surface area contributed by atoms with Crippen molar-refractivity contribution in [3.8, 4) is 0 Å². The standard InChI is InChI=1S/2C14H17Cl2N3OS2/c2*1-14(2,3)22(20)19-12(11-7-18-13(17)21-11)8-4-5-9(15)10(16)6-8/h2*4-7,12,19H,1-3H3,(H2,17,18)/t12-,22+;12-,22-/m01/s1. The smallest absolute Gasteiger partial charge is 0.180 e. The molecular formula is C28H34Cl4N6O2S4. The van der Waals surface area contributed by atoms with Gasteiger partial charge in [-0.05, 0) is 76.9 Å². The van der Waals surface area contributed by atoms with Gasteiger partial charge in [0, 0.05) is 22.1 Å². The van der Waals surface area contributed by atoms with E-state index in [1.165, 1.54) is 22.7 Å². The number of nitrogen functional groups attached to an aromatic ring is 2. The molecule has 0 fully saturated rings. The molecule has 4 rings (SSSR count). The second kappa shape index (κ2) is 15.5. The van der Waals surface area contributed by atoms with Crippen LogP contribution in [-0.4, -0.2) is 27.9 Å². The summed E-state index contributed by atoms with van der Waals surface area (Å²) in [5.74, 6) is 0. The van der Waals surface area contributed by atoms with Gasteiger partial charge in [-0.1, -0.05) is 58.5 Å². The molecule has 2 heterocycles. The van der Waals surface area contributed by atoms with Crippen molar-refractivity contribution < 1.29 is 8.42 Å². The van der Waals surface area contributed by atoms with E-state index < -0.39 is 31.5 Å². The zero-order chi connectivity index (χ0) is 33.0. The van der Waals surface area contributed by atoms with Crippen LogP contribution in [0.15, 0.2) is 48.8 Å². The third-order valence-electron chi connectivity index (χ3n) is 5.77. The predicted octanol–water partition coefficient (Wildman–Crippen LogP) is 8.35. The minimum absolute atomic E-state index is 0.315. The first kappa shape index (κ1) is 37.1. The lowest BCUT2D eigenvalue weighted by Gasteiger charge is -2.24. The molecule has 0 aliphatic rings. The molecule has 16 heteroatoms. The Balaban J connectivity index is 0.000000240. The molecule has 0 unspecified atom stereocenters. The summed E-state index contributed by atoms with van der Waals surface area (Å²) >= 11 is 26.8. The molecule has 0 radical (unpaired) electrons. The van der Waals surface area contributed by atoms with Crippen LogP contribution in [0.3, 0.4) is 0 Å². The summed E-state index contributed by atoms with van der Waals surface area (Å²) in [6.45, 7) is 11.4. The highest BCUT2D eigenvalue weighted by atomic mass is 35.5. The van der Waals surface area contributed by atoms with E-state index in [-0.39, 0.29) is 12.1 Å². The van der Waals surface area contributed by atoms with Gasteiger partial charge in [-0.25, -0.2) is 27.8 Å². The highest BCUT2D eigenvalue weighted by molar-refractivity contribution is 7.84. The molecule has 0 aliphatic carbocycles. The van der Waals surface area contributed by atoms with E-state index in [2.05, 4.69) is 19.4 Å². The van der Waals surface area contributed by atoms with Crippen LogP contribution in [0.1, 0.15) is 74.5 Å². The molecule has 44 heavy (non-hydrogen) atoms. The van der Waals surface area contributed by atoms with Crippen molar-refractivity contribution in [1.82, 2.24) is 19.4 Å². The Morgan fingerprint density at radius 2 is 1.00 bits per heavy atom. The summed E-state index contributed by atoms with van der Waals surface area (Å²) in [5, 5.41) is 2.77. The Labute approximate surface area is 291 Å². The molecule has 4 atom stereocenters. The van der Waals surface area contributed by atoms with Crippen molar-refractivity contribution in [2.24, 2.45) is 0 Å². The van der Waals surface area contributed by atoms with E-state index in [1.807, 2.05) is 53.7 Å². The average Bonchev–Trinajstić information content (AvgIpc) is 3.56. The molecule has 0 saturated heterocycles. The van der Waals surface area contributed by atoms with Crippen LogP contribution >= 0.6 is 69.1 Å². The van der Waals surface area contributed by atoms with E-state index in [0.29, 0.717) is 30.4 Å². The molecule has 6 N–H and O–H groups in total. The maximum absolute atomic E-state index is 12.5. The van der Waals surface area contributed by atoms with Crippen LogP contribution in [-0.2, 0) is 22.0 Å². The maximum Gasteiger partial charge on any atom is 0.180 e. The fourth-order valence-corrected chi connectivity index (χ4v) is 7.35. The van der Waals surface area contributed by atoms with E-state index in [1.54, 1.807) is 36.7 Å². The first-order valence-corrected chi connectivity index (χ1v) is 18.5. The number of hydrogen-bond donors (Lipinski definition) is 4. The highest BCUT2D eigenvalue weighted by Crippen LogP contribution is 2.34. The fourth-order valence-electron chi connectivity index (χ4n) is 3.40. The molecule has 0 amide bonds. The Morgan fingerprint density at radius 3 is 1.25 bits per heavy atom. The fraction of sp³-hybridized carbons (Fsp3) is 0.357. The van der Waals surface area contributed by atoms with Crippen molar-refractivity contribution >= 4 is 101 Å². The van der Waals surface area contributed by atoms with E-state index in [4.69, 9.17) is 57.9 Å². The van der Waals surface area contributed by atoms with Gasteiger partial charge in [0.25, 0.3) is 0 Å². The molecule has 8 nitrogen and oxygen atoms in total. The topological polar surface area (TPSA) is 136 Å². The van der Waals surface area contributed by atoms with E-state index in [9.17, 15) is 8.42 Å². The van der Waals surface area contributed by atoms with Crippen molar-refractivity contribution in [2.45, 2.75) is 63.1 Å². The third kappa shape index (κ3) is 10.3. The van der Waals surface area contributed by atoms with Crippen molar-refractivity contribution in [3.63, 3.8) is 0 Å². The molecule has 0 spiro atoms. The zero-order valence-corrected chi connectivity index (χ0v) is 31.1. The monoisotopic (exact) mass is 754 g/mol. The zero-order valence-electron chi connectivity index (χ0n) is 24.8. The minimum atomic E-state index is -1.26. The lowest BCUT2D eigenvalue weighted by molar-refractivity contribution is 0.624. The van der Waals surface area contributed by atoms with Crippen LogP contribution in [0.25, 0.3) is 0 Å². The Kier molecular flexibility index (Phi) is 13.1. The normalized spacial score (nSPS) is 14.8. The van der Waals surface area contributed by atoms with Gasteiger partial charge in [-0.3, -0.25) is 0 Å². The van der Waals surface area contributed by atoms with Crippen LogP contribution in [0, 0.1) is 0 Å². The Hall–Kier alpha value is -1.32. The van der Waals surface area contributed by atoms with Gasteiger partial charge < -0.3 is 11.5 Å². The largest absolute Gasteiger partial charge is 0.375 e. The minimum Gasteiger partial charge on any atom is -0.375 e. The molecule has 4 aromatic rings. The first-order valence-electron chi connectivity index (χ1n) is 13.0. The molecule has 0 saturated carbocycles. The van der Waals surface area contributed by atoms with E-state index >= 15 is 0 Å². The number of thiazole rings is 2. The summed E-state index contributed by atoms with van der Waals surface area (Å²) in [5.41, 5.74) is 13.2. The second-order valence-electron chi connectivity index (χ2n) is 11.4. The summed E-state index contributed by atoms with van der Waals surface area (Å²) < 4.78 is 30.4. The molecule has 240 valence electrons. The molecule has 0 bridgehead atoms. The van der Waals surface area contributed by atoms with Crippen LogP contribution in [0.5, 0.6) is 0 Å². The number of benzene rings is 2. The van der Waals surface area contributed by atoms with Gasteiger partial charge in [0.05, 0.1) is 63.6 Å². The number of nitrogens with zero attached hydrogens (tertiary/aromatic N) is 2. The van der Waals surface area contributed by atoms with Gasteiger partial charge in [0.1, 0.15) is 0 Å². The Bertz CT molecular complexity index is 1520. The van der Waals surface area contributed by atoms with Crippen LogP contribution < -0.4 is 20.9 Å². The van der Waals surface area contributed by atoms with Gasteiger partial charge in [-0.2, -0.15) is 0 Å². The average molecular weight is 757 g/mol. The number of aromatic nitrogens is 2. The van der Waals surface area contributed by atoms with Crippen LogP contribution in [0.2, 0.25) is 20.1 Å². The van der Waals surface area contributed by atoms with Crippen molar-refractivity contribution in [2.75, 3.05) is 11.5 Å². The number of halogens is 4. The number of hydrogen-bond acceptors (Lipinski definition) is 8. The number of nitrogens with two attached hydrogens (primary N) is 2. The maximum atomic E-state index is 12.5. The summed E-state index contributed by atoms with van der Waals surface area (Å²) in [4.78, 5) is 9.88. The van der Waals surface area contributed by atoms with Crippen molar-refractivity contribution in [1.29, 1.82) is 0 Å². The molecule has 0 aliphatic heterocycles. The molecule has 2 aromatic carbocycles. The lowest BCUT2D eigenvalue weighted by Crippen LogP contribution is -2.36. The molecular weight excluding hydrogens is 722 g/mol. The number of nitrogens with one attached hydrogen (secondary N) is 2. The van der Waals surface area contributed by atoms with Gasteiger partial charge in [0.15, 0.2) is 10.3 Å². The third-order valence-corrected chi connectivity index (χ3v) is 12.2. The van der Waals surface area contributed by atoms with Gasteiger partial charge >= 0.3 is 0 Å². The Morgan fingerprint density at radius 1 is 0.659 bits per heavy atom. The van der Waals surface area contributed by atoms with Crippen molar-refractivity contribution in [3.05, 3.63) is 89.8 Å². The number of anilines is 2. The molecule has 2 aromatic heterocycles. The SMILES string of the molecule is CC(C)(C)[S@@](=O)N[C@@H](c1ccc(Cl)c(Cl)c1)c1cnc(N)s1.CC(C)(C)[S@@](=O)N[C@H](c1ccc(Cl)c(Cl)c1)c1cnc(N)s1. The van der Waals surface area contributed by atoms with Gasteiger partial charge in [-0.15, -0.1) is 22.7 Å². The quantitative estimate of drug-likeness (QED) is 0.143. The predicted molar refractivity (Wildman–Crippen MR) is 192 cm³/mol. The summed E-state index contributed by atoms with van der Waals surface area (Å²) in [7, 11) is -2.52. The summed E-state index contributed by atoms with van der Waals surface area (Å²) in [6.07, 6.45) is 3.36. The highest BCUT2D eigenvalue weighted by Gasteiger charge is 2.27. The van der Waals surface area contributed by atoms with Crippen LogP contribution in [0.4, 0.5) is 10.3 Å². The van der Waals surface area contributed by atoms with Gasteiger partial charge in [0.2, 0.25) is 0 Å². The first-order chi connectivity index (χ1) is 20.4. The number of rotatable bonds is 8.